The van der Waals surface area contributed by atoms with Gasteiger partial charge in [0.2, 0.25) is 0 Å². The Labute approximate surface area is 157 Å². The maximum atomic E-state index is 13.0. The molecule has 3 aromatic carbocycles. The van der Waals surface area contributed by atoms with Crippen molar-refractivity contribution in [2.24, 2.45) is 0 Å². The molecule has 0 saturated carbocycles. The van der Waals surface area contributed by atoms with Crippen molar-refractivity contribution in [3.63, 3.8) is 0 Å². The number of benzene rings is 3. The molecule has 0 unspecified atom stereocenters. The van der Waals surface area contributed by atoms with Gasteiger partial charge in [-0.1, -0.05) is 36.4 Å². The molecule has 27 heavy (non-hydrogen) atoms. The topological polar surface area (TPSA) is 84.7 Å². The summed E-state index contributed by atoms with van der Waals surface area (Å²) in [6.07, 6.45) is 0. The minimum Gasteiger partial charge on any atom is -0.465 e. The molecule has 0 heterocycles. The van der Waals surface area contributed by atoms with Crippen LogP contribution in [-0.4, -0.2) is 19.1 Å². The van der Waals surface area contributed by atoms with Crippen LogP contribution in [0.5, 0.6) is 0 Å². The minimum atomic E-state index is -0.527. The molecule has 6 heteroatoms. The number of rotatable bonds is 4. The Hall–Kier alpha value is -3.80. The third-order valence-electron chi connectivity index (χ3n) is 3.86. The van der Waals surface area contributed by atoms with Gasteiger partial charge < -0.3 is 15.8 Å². The lowest BCUT2D eigenvalue weighted by Gasteiger charge is -2.23. The lowest BCUT2D eigenvalue weighted by atomic mass is 10.1. The van der Waals surface area contributed by atoms with Crippen LogP contribution in [0.3, 0.4) is 0 Å². The zero-order chi connectivity index (χ0) is 19.2. The number of nitrogens with zero attached hydrogens (tertiary/aromatic N) is 1. The molecule has 0 bridgehead atoms. The normalized spacial score (nSPS) is 10.1. The van der Waals surface area contributed by atoms with Gasteiger partial charge >= 0.3 is 12.0 Å². The van der Waals surface area contributed by atoms with Crippen LogP contribution in [0.1, 0.15) is 10.4 Å². The van der Waals surface area contributed by atoms with Gasteiger partial charge in [0.05, 0.1) is 24.0 Å². The molecule has 136 valence electrons. The number of methoxy groups -OCH3 is 1. The number of carbonyl (C=O) groups excluding carboxylic acids is 2. The molecule has 3 N–H and O–H groups in total. The molecule has 0 aliphatic carbocycles. The second-order valence-electron chi connectivity index (χ2n) is 5.77. The second kappa shape index (κ2) is 8.05. The van der Waals surface area contributed by atoms with Gasteiger partial charge in [-0.2, -0.15) is 0 Å². The number of nitrogens with one attached hydrogen (secondary N) is 1. The summed E-state index contributed by atoms with van der Waals surface area (Å²) >= 11 is 0. The van der Waals surface area contributed by atoms with E-state index in [0.717, 1.165) is 0 Å². The highest BCUT2D eigenvalue weighted by molar-refractivity contribution is 6.07. The molecule has 0 fully saturated rings. The van der Waals surface area contributed by atoms with Gasteiger partial charge in [0.15, 0.2) is 0 Å². The van der Waals surface area contributed by atoms with Gasteiger partial charge in [0.25, 0.3) is 0 Å². The molecule has 0 radical (unpaired) electrons. The monoisotopic (exact) mass is 361 g/mol. The van der Waals surface area contributed by atoms with E-state index in [9.17, 15) is 9.59 Å². The summed E-state index contributed by atoms with van der Waals surface area (Å²) in [4.78, 5) is 26.4. The number of ether oxygens (including phenoxy) is 1. The summed E-state index contributed by atoms with van der Waals surface area (Å²) in [7, 11) is 1.29. The van der Waals surface area contributed by atoms with Gasteiger partial charge in [0, 0.05) is 11.4 Å². The van der Waals surface area contributed by atoms with Crippen molar-refractivity contribution in [1.82, 2.24) is 0 Å². The Balaban J connectivity index is 1.94. The first-order chi connectivity index (χ1) is 13.1. The number of anilines is 4. The van der Waals surface area contributed by atoms with Crippen LogP contribution in [-0.2, 0) is 4.74 Å². The summed E-state index contributed by atoms with van der Waals surface area (Å²) in [5.41, 5.74) is 8.28. The molecule has 2 amide bonds. The van der Waals surface area contributed by atoms with Crippen LogP contribution in [0.25, 0.3) is 0 Å². The van der Waals surface area contributed by atoms with Crippen LogP contribution < -0.4 is 16.0 Å². The molecule has 0 aliphatic rings. The quantitative estimate of drug-likeness (QED) is 0.532. The molecule has 0 saturated heterocycles. The smallest absolute Gasteiger partial charge is 0.337 e. The fraction of sp³-hybridized carbons (Fsp3) is 0.0476. The van der Waals surface area contributed by atoms with Gasteiger partial charge in [-0.3, -0.25) is 4.90 Å². The minimum absolute atomic E-state index is 0.263. The molecule has 0 aromatic heterocycles. The predicted molar refractivity (Wildman–Crippen MR) is 106 cm³/mol. The van der Waals surface area contributed by atoms with Crippen LogP contribution >= 0.6 is 0 Å². The van der Waals surface area contributed by atoms with Crippen molar-refractivity contribution in [3.05, 3.63) is 84.4 Å². The first kappa shape index (κ1) is 18.0. The van der Waals surface area contributed by atoms with E-state index >= 15 is 0 Å². The van der Waals surface area contributed by atoms with Crippen molar-refractivity contribution in [2.45, 2.75) is 0 Å². The van der Waals surface area contributed by atoms with Crippen LogP contribution in [0.2, 0.25) is 0 Å². The van der Waals surface area contributed by atoms with Gasteiger partial charge in [0.1, 0.15) is 0 Å². The van der Waals surface area contributed by atoms with Crippen LogP contribution in [0.15, 0.2) is 78.9 Å². The van der Waals surface area contributed by atoms with E-state index in [1.54, 1.807) is 11.0 Å². The average molecular weight is 361 g/mol. The Morgan fingerprint density at radius 3 is 1.96 bits per heavy atom. The fourth-order valence-electron chi connectivity index (χ4n) is 2.68. The predicted octanol–water partition coefficient (Wildman–Crippen LogP) is 4.43. The Kier molecular flexibility index (Phi) is 5.37. The standard InChI is InChI=1S/C21H19N3O3/c1-27-20(25)15-12-16(22)14-17(13-15)23-21(26)24(18-8-4-2-5-9-18)19-10-6-3-7-11-19/h2-14H,22H2,1H3,(H,23,26). The molecule has 6 nitrogen and oxygen atoms in total. The summed E-state index contributed by atoms with van der Waals surface area (Å²) < 4.78 is 4.72. The fourth-order valence-corrected chi connectivity index (χ4v) is 2.68. The molecular formula is C21H19N3O3. The van der Waals surface area contributed by atoms with Crippen molar-refractivity contribution < 1.29 is 14.3 Å². The van der Waals surface area contributed by atoms with E-state index in [1.807, 2.05) is 60.7 Å². The highest BCUT2D eigenvalue weighted by atomic mass is 16.5. The van der Waals surface area contributed by atoms with E-state index in [1.165, 1.54) is 19.2 Å². The largest absolute Gasteiger partial charge is 0.465 e. The Bertz CT molecular complexity index is 904. The lowest BCUT2D eigenvalue weighted by Crippen LogP contribution is -2.30. The maximum Gasteiger partial charge on any atom is 0.337 e. The van der Waals surface area contributed by atoms with Crippen LogP contribution in [0.4, 0.5) is 27.5 Å². The van der Waals surface area contributed by atoms with Crippen molar-refractivity contribution in [3.8, 4) is 0 Å². The summed E-state index contributed by atoms with van der Waals surface area (Å²) in [5.74, 6) is -0.527. The second-order valence-corrected chi connectivity index (χ2v) is 5.77. The maximum absolute atomic E-state index is 13.0. The summed E-state index contributed by atoms with van der Waals surface area (Å²) in [6, 6.07) is 22.8. The summed E-state index contributed by atoms with van der Waals surface area (Å²) in [5, 5.41) is 2.80. The summed E-state index contributed by atoms with van der Waals surface area (Å²) in [6.45, 7) is 0. The SMILES string of the molecule is COC(=O)c1cc(N)cc(NC(=O)N(c2ccccc2)c2ccccc2)c1. The molecular weight excluding hydrogens is 342 g/mol. The van der Waals surface area contributed by atoms with Crippen molar-refractivity contribution in [1.29, 1.82) is 0 Å². The highest BCUT2D eigenvalue weighted by Gasteiger charge is 2.18. The number of esters is 1. The zero-order valence-corrected chi connectivity index (χ0v) is 14.8. The third kappa shape index (κ3) is 4.24. The zero-order valence-electron chi connectivity index (χ0n) is 14.8. The Morgan fingerprint density at radius 2 is 1.44 bits per heavy atom. The number of urea groups is 1. The van der Waals surface area contributed by atoms with Crippen LogP contribution in [0, 0.1) is 0 Å². The Morgan fingerprint density at radius 1 is 0.889 bits per heavy atom. The number of para-hydroxylation sites is 2. The molecule has 3 aromatic rings. The van der Waals surface area contributed by atoms with E-state index in [-0.39, 0.29) is 11.6 Å². The highest BCUT2D eigenvalue weighted by Crippen LogP contribution is 2.26. The van der Waals surface area contributed by atoms with Gasteiger partial charge in [-0.25, -0.2) is 9.59 Å². The molecule has 0 atom stereocenters. The molecule has 3 rings (SSSR count). The first-order valence-electron chi connectivity index (χ1n) is 8.28. The first-order valence-corrected chi connectivity index (χ1v) is 8.28. The molecule has 0 spiro atoms. The van der Waals surface area contributed by atoms with E-state index in [0.29, 0.717) is 22.7 Å². The number of nitrogens with two attached hydrogens (primary N) is 1. The van der Waals surface area contributed by atoms with Gasteiger partial charge in [-0.15, -0.1) is 0 Å². The van der Waals surface area contributed by atoms with E-state index in [2.05, 4.69) is 5.32 Å². The van der Waals surface area contributed by atoms with Gasteiger partial charge in [-0.05, 0) is 42.5 Å². The number of amides is 2. The number of carbonyl (C=O) groups is 2. The van der Waals surface area contributed by atoms with E-state index < -0.39 is 5.97 Å². The lowest BCUT2D eigenvalue weighted by molar-refractivity contribution is 0.0601. The number of hydrogen-bond donors (Lipinski definition) is 2. The third-order valence-corrected chi connectivity index (χ3v) is 3.86. The number of hydrogen-bond acceptors (Lipinski definition) is 4. The van der Waals surface area contributed by atoms with E-state index in [4.69, 9.17) is 10.5 Å². The molecule has 0 aliphatic heterocycles. The average Bonchev–Trinajstić information content (AvgIpc) is 2.68. The number of nitrogen functional groups attached to an aromatic ring is 1. The van der Waals surface area contributed by atoms with Crippen molar-refractivity contribution in [2.75, 3.05) is 23.1 Å². The van der Waals surface area contributed by atoms with Crippen molar-refractivity contribution >= 4 is 34.7 Å².